The van der Waals surface area contributed by atoms with Crippen molar-refractivity contribution in [3.63, 3.8) is 0 Å². The highest BCUT2D eigenvalue weighted by Crippen LogP contribution is 2.18. The van der Waals surface area contributed by atoms with Gasteiger partial charge in [0.1, 0.15) is 0 Å². The van der Waals surface area contributed by atoms with Crippen LogP contribution in [0.4, 0.5) is 0 Å². The Labute approximate surface area is 90.1 Å². The maximum atomic E-state index is 3.81. The fourth-order valence-corrected chi connectivity index (χ4v) is 1.84. The zero-order valence-corrected chi connectivity index (χ0v) is 9.80. The maximum Gasteiger partial charge on any atom is -0.0322 e. The minimum atomic E-state index is 0.798. The van der Waals surface area contributed by atoms with E-state index in [1.165, 1.54) is 38.5 Å². The molecule has 0 bridgehead atoms. The lowest BCUT2D eigenvalue weighted by Gasteiger charge is -2.12. The molecule has 0 aliphatic heterocycles. The van der Waals surface area contributed by atoms with Crippen LogP contribution in [0.25, 0.3) is 0 Å². The standard InChI is InChI=1S/C14H26/c1-4-7-8-9-10-13-14(11-5-2)12-6-3/h5-6,14H,2-4,7-13H2,1H3. The van der Waals surface area contributed by atoms with Crippen molar-refractivity contribution in [2.24, 2.45) is 5.92 Å². The molecule has 0 radical (unpaired) electrons. The second-order valence-corrected chi connectivity index (χ2v) is 4.12. The van der Waals surface area contributed by atoms with Crippen LogP contribution in [0.3, 0.4) is 0 Å². The van der Waals surface area contributed by atoms with Crippen molar-refractivity contribution in [2.45, 2.75) is 58.3 Å². The van der Waals surface area contributed by atoms with Gasteiger partial charge in [0.15, 0.2) is 0 Å². The Morgan fingerprint density at radius 2 is 1.50 bits per heavy atom. The second kappa shape index (κ2) is 10.6. The van der Waals surface area contributed by atoms with Crippen molar-refractivity contribution in [1.82, 2.24) is 0 Å². The molecule has 0 nitrogen and oxygen atoms in total. The highest BCUT2D eigenvalue weighted by atomic mass is 14.1. The van der Waals surface area contributed by atoms with Gasteiger partial charge in [-0.15, -0.1) is 13.2 Å². The zero-order valence-electron chi connectivity index (χ0n) is 9.80. The van der Waals surface area contributed by atoms with Crippen LogP contribution >= 0.6 is 0 Å². The van der Waals surface area contributed by atoms with Crippen molar-refractivity contribution in [3.05, 3.63) is 25.3 Å². The highest BCUT2D eigenvalue weighted by molar-refractivity contribution is 4.79. The van der Waals surface area contributed by atoms with Gasteiger partial charge in [0.25, 0.3) is 0 Å². The van der Waals surface area contributed by atoms with Crippen LogP contribution in [-0.4, -0.2) is 0 Å². The van der Waals surface area contributed by atoms with Gasteiger partial charge in [0.2, 0.25) is 0 Å². The first-order valence-corrected chi connectivity index (χ1v) is 6.06. The van der Waals surface area contributed by atoms with Crippen LogP contribution in [0, 0.1) is 5.92 Å². The molecule has 0 aliphatic carbocycles. The van der Waals surface area contributed by atoms with Gasteiger partial charge in [-0.05, 0) is 25.2 Å². The molecule has 0 aromatic heterocycles. The first-order chi connectivity index (χ1) is 6.85. The average molecular weight is 194 g/mol. The van der Waals surface area contributed by atoms with E-state index in [0.29, 0.717) is 0 Å². The lowest BCUT2D eigenvalue weighted by atomic mass is 9.94. The van der Waals surface area contributed by atoms with E-state index in [1.54, 1.807) is 0 Å². The van der Waals surface area contributed by atoms with Crippen LogP contribution in [0.5, 0.6) is 0 Å². The average Bonchev–Trinajstić information content (AvgIpc) is 2.18. The number of unbranched alkanes of at least 4 members (excludes halogenated alkanes) is 4. The summed E-state index contributed by atoms with van der Waals surface area (Å²) in [5, 5.41) is 0. The Kier molecular flexibility index (Phi) is 10.2. The molecule has 0 fully saturated rings. The molecular formula is C14H26. The van der Waals surface area contributed by atoms with E-state index in [-0.39, 0.29) is 0 Å². The first-order valence-electron chi connectivity index (χ1n) is 6.06. The summed E-state index contributed by atoms with van der Waals surface area (Å²) in [5.41, 5.74) is 0. The van der Waals surface area contributed by atoms with Crippen LogP contribution in [0.2, 0.25) is 0 Å². The molecule has 0 atom stereocenters. The van der Waals surface area contributed by atoms with Gasteiger partial charge in [-0.2, -0.15) is 0 Å². The predicted octanol–water partition coefficient (Wildman–Crippen LogP) is 5.12. The van der Waals surface area contributed by atoms with E-state index in [4.69, 9.17) is 0 Å². The van der Waals surface area contributed by atoms with Crippen molar-refractivity contribution in [1.29, 1.82) is 0 Å². The zero-order chi connectivity index (χ0) is 10.6. The van der Waals surface area contributed by atoms with Crippen molar-refractivity contribution >= 4 is 0 Å². The third-order valence-electron chi connectivity index (χ3n) is 2.72. The summed E-state index contributed by atoms with van der Waals surface area (Å²) in [7, 11) is 0. The SMILES string of the molecule is C=CCC(CC=C)CCCCCCC. The topological polar surface area (TPSA) is 0 Å². The Balaban J connectivity index is 3.39. The predicted molar refractivity (Wildman–Crippen MR) is 66.5 cm³/mol. The number of hydrogen-bond acceptors (Lipinski definition) is 0. The van der Waals surface area contributed by atoms with Crippen LogP contribution in [0.1, 0.15) is 58.3 Å². The van der Waals surface area contributed by atoms with Gasteiger partial charge in [-0.3, -0.25) is 0 Å². The summed E-state index contributed by atoms with van der Waals surface area (Å²) in [5.74, 6) is 0.798. The quantitative estimate of drug-likeness (QED) is 0.334. The molecule has 0 aromatic rings. The molecular weight excluding hydrogens is 168 g/mol. The molecule has 0 saturated heterocycles. The van der Waals surface area contributed by atoms with Crippen molar-refractivity contribution in [2.75, 3.05) is 0 Å². The Bertz CT molecular complexity index is 125. The van der Waals surface area contributed by atoms with Gasteiger partial charge in [0, 0.05) is 0 Å². The molecule has 0 heterocycles. The summed E-state index contributed by atoms with van der Waals surface area (Å²) in [6.45, 7) is 9.87. The van der Waals surface area contributed by atoms with E-state index in [9.17, 15) is 0 Å². The summed E-state index contributed by atoms with van der Waals surface area (Å²) in [4.78, 5) is 0. The van der Waals surface area contributed by atoms with Gasteiger partial charge in [-0.25, -0.2) is 0 Å². The molecule has 0 aromatic carbocycles. The Morgan fingerprint density at radius 1 is 0.929 bits per heavy atom. The lowest BCUT2D eigenvalue weighted by Crippen LogP contribution is -1.97. The van der Waals surface area contributed by atoms with E-state index in [1.807, 2.05) is 12.2 Å². The molecule has 0 heteroatoms. The first kappa shape index (κ1) is 13.5. The molecule has 0 spiro atoms. The number of rotatable bonds is 10. The second-order valence-electron chi connectivity index (χ2n) is 4.12. The van der Waals surface area contributed by atoms with Crippen LogP contribution < -0.4 is 0 Å². The largest absolute Gasteiger partial charge is 0.103 e. The third-order valence-corrected chi connectivity index (χ3v) is 2.72. The molecule has 0 aliphatic rings. The number of hydrogen-bond donors (Lipinski definition) is 0. The molecule has 0 saturated carbocycles. The van der Waals surface area contributed by atoms with Crippen LogP contribution in [-0.2, 0) is 0 Å². The summed E-state index contributed by atoms with van der Waals surface area (Å²) < 4.78 is 0. The summed E-state index contributed by atoms with van der Waals surface area (Å²) in [6, 6.07) is 0. The van der Waals surface area contributed by atoms with Crippen molar-refractivity contribution in [3.8, 4) is 0 Å². The molecule has 0 N–H and O–H groups in total. The third kappa shape index (κ3) is 8.10. The minimum Gasteiger partial charge on any atom is -0.103 e. The Hall–Kier alpha value is -0.520. The van der Waals surface area contributed by atoms with E-state index in [2.05, 4.69) is 20.1 Å². The molecule has 0 unspecified atom stereocenters. The minimum absolute atomic E-state index is 0.798. The van der Waals surface area contributed by atoms with Gasteiger partial charge in [-0.1, -0.05) is 51.2 Å². The fraction of sp³-hybridized carbons (Fsp3) is 0.714. The normalized spacial score (nSPS) is 10.4. The van der Waals surface area contributed by atoms with E-state index >= 15 is 0 Å². The monoisotopic (exact) mass is 194 g/mol. The number of allylic oxidation sites excluding steroid dienone is 2. The van der Waals surface area contributed by atoms with E-state index < -0.39 is 0 Å². The Morgan fingerprint density at radius 3 is 2.00 bits per heavy atom. The van der Waals surface area contributed by atoms with Gasteiger partial charge >= 0.3 is 0 Å². The lowest BCUT2D eigenvalue weighted by molar-refractivity contribution is 0.460. The van der Waals surface area contributed by atoms with Gasteiger partial charge in [0.05, 0.1) is 0 Å². The van der Waals surface area contributed by atoms with Gasteiger partial charge < -0.3 is 0 Å². The molecule has 0 amide bonds. The van der Waals surface area contributed by atoms with E-state index in [0.717, 1.165) is 18.8 Å². The summed E-state index contributed by atoms with van der Waals surface area (Å²) in [6.07, 6.45) is 14.7. The molecule has 14 heavy (non-hydrogen) atoms. The molecule has 82 valence electrons. The highest BCUT2D eigenvalue weighted by Gasteiger charge is 2.03. The summed E-state index contributed by atoms with van der Waals surface area (Å²) >= 11 is 0. The smallest absolute Gasteiger partial charge is 0.0322 e. The fourth-order valence-electron chi connectivity index (χ4n) is 1.84. The van der Waals surface area contributed by atoms with Crippen LogP contribution in [0.15, 0.2) is 25.3 Å². The molecule has 0 rings (SSSR count). The maximum absolute atomic E-state index is 3.81. The van der Waals surface area contributed by atoms with Crippen molar-refractivity contribution < 1.29 is 0 Å².